The molecular formula is C14H25NaO4. The first kappa shape index (κ1) is 21.2. The smallest absolute Gasteiger partial charge is 0.550 e. The van der Waals surface area contributed by atoms with Crippen molar-refractivity contribution in [2.24, 2.45) is 0 Å². The Hall–Kier alpha value is -0.0600. The van der Waals surface area contributed by atoms with Crippen LogP contribution in [0.15, 0.2) is 0 Å². The molecule has 0 saturated carbocycles. The summed E-state index contributed by atoms with van der Waals surface area (Å²) in [4.78, 5) is 20.9. The molecule has 0 aromatic carbocycles. The molecule has 0 fully saturated rings. The van der Waals surface area contributed by atoms with Crippen LogP contribution < -0.4 is 34.7 Å². The minimum absolute atomic E-state index is 0. The molecule has 0 aliphatic carbocycles. The van der Waals surface area contributed by atoms with Crippen molar-refractivity contribution in [1.82, 2.24) is 0 Å². The molecule has 0 aromatic heterocycles. The number of unbranched alkanes of at least 4 members (excludes halogenated alkanes) is 8. The van der Waals surface area contributed by atoms with Gasteiger partial charge in [-0.3, -0.25) is 4.79 Å². The van der Waals surface area contributed by atoms with Gasteiger partial charge in [0.1, 0.15) is 0 Å². The number of carbonyl (C=O) groups is 2. The van der Waals surface area contributed by atoms with Crippen LogP contribution in [0.3, 0.4) is 0 Å². The Balaban J connectivity index is 0. The molecule has 0 rings (SSSR count). The largest absolute Gasteiger partial charge is 1.00 e. The third-order valence-corrected chi connectivity index (χ3v) is 2.80. The van der Waals surface area contributed by atoms with Crippen LogP contribution in [0.4, 0.5) is 0 Å². The maximum atomic E-state index is 10.8. The Morgan fingerprint density at radius 2 is 1.37 bits per heavy atom. The first-order chi connectivity index (χ1) is 8.66. The van der Waals surface area contributed by atoms with Gasteiger partial charge in [0.25, 0.3) is 0 Å². The molecule has 0 unspecified atom stereocenters. The van der Waals surface area contributed by atoms with Gasteiger partial charge in [-0.25, -0.2) is 0 Å². The van der Waals surface area contributed by atoms with Crippen LogP contribution in [-0.2, 0) is 14.3 Å². The van der Waals surface area contributed by atoms with E-state index in [-0.39, 0.29) is 29.6 Å². The third-order valence-electron chi connectivity index (χ3n) is 2.80. The van der Waals surface area contributed by atoms with Gasteiger partial charge in [0.05, 0.1) is 19.0 Å². The topological polar surface area (TPSA) is 66.4 Å². The second-order valence-electron chi connectivity index (χ2n) is 4.60. The van der Waals surface area contributed by atoms with Gasteiger partial charge in [0.15, 0.2) is 0 Å². The van der Waals surface area contributed by atoms with E-state index in [1.165, 1.54) is 38.5 Å². The van der Waals surface area contributed by atoms with Crippen molar-refractivity contribution in [2.45, 2.75) is 71.1 Å². The summed E-state index contributed by atoms with van der Waals surface area (Å²) in [5.74, 6) is -2.08. The predicted octanol–water partition coefficient (Wildman–Crippen LogP) is -0.796. The van der Waals surface area contributed by atoms with Gasteiger partial charge in [0.2, 0.25) is 0 Å². The fourth-order valence-corrected chi connectivity index (χ4v) is 1.77. The van der Waals surface area contributed by atoms with Crippen molar-refractivity contribution in [1.29, 1.82) is 0 Å². The first-order valence-corrected chi connectivity index (χ1v) is 7.02. The average Bonchev–Trinajstić information content (AvgIpc) is 2.30. The fraction of sp³-hybridized carbons (Fsp3) is 0.857. The van der Waals surface area contributed by atoms with Crippen molar-refractivity contribution in [2.75, 3.05) is 6.61 Å². The van der Waals surface area contributed by atoms with E-state index in [9.17, 15) is 14.7 Å². The number of aliphatic carboxylic acids is 1. The van der Waals surface area contributed by atoms with E-state index >= 15 is 0 Å². The van der Waals surface area contributed by atoms with Crippen LogP contribution in [0.25, 0.3) is 0 Å². The van der Waals surface area contributed by atoms with Crippen LogP contribution in [0, 0.1) is 0 Å². The quantitative estimate of drug-likeness (QED) is 0.203. The fourth-order valence-electron chi connectivity index (χ4n) is 1.77. The molecule has 0 radical (unpaired) electrons. The maximum absolute atomic E-state index is 10.8. The van der Waals surface area contributed by atoms with E-state index in [4.69, 9.17) is 4.74 Å². The molecule has 0 atom stereocenters. The second-order valence-corrected chi connectivity index (χ2v) is 4.60. The average molecular weight is 280 g/mol. The molecule has 0 spiro atoms. The molecule has 4 nitrogen and oxygen atoms in total. The molecule has 0 bridgehead atoms. The molecule has 0 N–H and O–H groups in total. The normalized spacial score (nSPS) is 9.74. The summed E-state index contributed by atoms with van der Waals surface area (Å²) < 4.78 is 4.75. The molecule has 5 heteroatoms. The van der Waals surface area contributed by atoms with Crippen molar-refractivity contribution >= 4 is 11.9 Å². The summed E-state index contributed by atoms with van der Waals surface area (Å²) in [7, 11) is 0. The molecule has 0 aliphatic rings. The predicted molar refractivity (Wildman–Crippen MR) is 67.8 cm³/mol. The summed E-state index contributed by atoms with van der Waals surface area (Å²) in [5, 5.41) is 10.1. The van der Waals surface area contributed by atoms with E-state index in [0.717, 1.165) is 19.3 Å². The SMILES string of the molecule is CCCCCCCCCCCOC(=O)CC(=O)[O-].[Na+]. The van der Waals surface area contributed by atoms with Gasteiger partial charge in [-0.2, -0.15) is 0 Å². The first-order valence-electron chi connectivity index (χ1n) is 7.02. The van der Waals surface area contributed by atoms with Crippen LogP contribution >= 0.6 is 0 Å². The Labute approximate surface area is 138 Å². The zero-order chi connectivity index (χ0) is 13.6. The number of hydrogen-bond donors (Lipinski definition) is 0. The van der Waals surface area contributed by atoms with Gasteiger partial charge in [-0.05, 0) is 6.42 Å². The molecule has 0 aliphatic heterocycles. The number of esters is 1. The molecule has 0 saturated heterocycles. The summed E-state index contributed by atoms with van der Waals surface area (Å²) in [5.41, 5.74) is 0. The van der Waals surface area contributed by atoms with E-state index in [0.29, 0.717) is 6.61 Å². The van der Waals surface area contributed by atoms with Gasteiger partial charge in [-0.15, -0.1) is 0 Å². The Morgan fingerprint density at radius 3 is 1.84 bits per heavy atom. The Bertz CT molecular complexity index is 231. The molecule has 0 heterocycles. The summed E-state index contributed by atoms with van der Waals surface area (Å²) in [6.45, 7) is 2.53. The summed E-state index contributed by atoms with van der Waals surface area (Å²) >= 11 is 0. The van der Waals surface area contributed by atoms with Gasteiger partial charge in [0, 0.05) is 0 Å². The van der Waals surface area contributed by atoms with Crippen molar-refractivity contribution in [3.8, 4) is 0 Å². The zero-order valence-corrected chi connectivity index (χ0v) is 14.4. The van der Waals surface area contributed by atoms with Crippen LogP contribution in [0.2, 0.25) is 0 Å². The van der Waals surface area contributed by atoms with Crippen molar-refractivity contribution in [3.05, 3.63) is 0 Å². The van der Waals surface area contributed by atoms with E-state index in [1.807, 2.05) is 0 Å². The van der Waals surface area contributed by atoms with Crippen molar-refractivity contribution in [3.63, 3.8) is 0 Å². The molecule has 106 valence electrons. The number of carbonyl (C=O) groups excluding carboxylic acids is 2. The van der Waals surface area contributed by atoms with Gasteiger partial charge in [-0.1, -0.05) is 58.3 Å². The minimum atomic E-state index is -1.38. The standard InChI is InChI=1S/C14H26O4.Na/c1-2-3-4-5-6-7-8-9-10-11-18-14(17)12-13(15)16;/h2-12H2,1H3,(H,15,16);/q;+1/p-1. The number of rotatable bonds is 12. The Kier molecular flexibility index (Phi) is 17.9. The number of ether oxygens (including phenoxy) is 1. The van der Waals surface area contributed by atoms with Crippen LogP contribution in [-0.4, -0.2) is 18.5 Å². The number of carboxylic acid groups (broad SMARTS) is 1. The summed E-state index contributed by atoms with van der Waals surface area (Å²) in [6, 6.07) is 0. The van der Waals surface area contributed by atoms with Crippen LogP contribution in [0.5, 0.6) is 0 Å². The van der Waals surface area contributed by atoms with E-state index in [2.05, 4.69) is 6.92 Å². The number of carboxylic acids is 1. The van der Waals surface area contributed by atoms with Crippen LogP contribution in [0.1, 0.15) is 71.1 Å². The third kappa shape index (κ3) is 17.9. The second kappa shape index (κ2) is 16.0. The molecule has 0 amide bonds. The Morgan fingerprint density at radius 1 is 0.895 bits per heavy atom. The monoisotopic (exact) mass is 280 g/mol. The van der Waals surface area contributed by atoms with Gasteiger partial charge >= 0.3 is 35.5 Å². The zero-order valence-electron chi connectivity index (χ0n) is 12.4. The van der Waals surface area contributed by atoms with E-state index in [1.54, 1.807) is 0 Å². The summed E-state index contributed by atoms with van der Waals surface area (Å²) in [6.07, 6.45) is 10.1. The minimum Gasteiger partial charge on any atom is -0.550 e. The maximum Gasteiger partial charge on any atom is 1.00 e. The van der Waals surface area contributed by atoms with E-state index < -0.39 is 18.4 Å². The van der Waals surface area contributed by atoms with Gasteiger partial charge < -0.3 is 14.6 Å². The molecule has 0 aromatic rings. The number of hydrogen-bond acceptors (Lipinski definition) is 4. The molecular weight excluding hydrogens is 255 g/mol. The molecule has 19 heavy (non-hydrogen) atoms. The van der Waals surface area contributed by atoms with Crippen molar-refractivity contribution < 1.29 is 49.0 Å².